The van der Waals surface area contributed by atoms with E-state index in [0.717, 1.165) is 10.6 Å². The first-order chi connectivity index (χ1) is 8.24. The van der Waals surface area contributed by atoms with E-state index in [1.54, 1.807) is 6.20 Å². The molecule has 0 aliphatic carbocycles. The molecule has 0 radical (unpaired) electrons. The molecule has 1 aromatic heterocycles. The van der Waals surface area contributed by atoms with E-state index in [-0.39, 0.29) is 0 Å². The normalized spacial score (nSPS) is 9.41. The Hall–Kier alpha value is -1.06. The van der Waals surface area contributed by atoms with Crippen LogP contribution in [0.25, 0.3) is 0 Å². The molecule has 0 N–H and O–H groups in total. The van der Waals surface area contributed by atoms with Gasteiger partial charge in [0, 0.05) is 6.20 Å². The van der Waals surface area contributed by atoms with Crippen molar-refractivity contribution in [2.45, 2.75) is 27.4 Å². The fourth-order valence-corrected chi connectivity index (χ4v) is 2.10. The fourth-order valence-electron chi connectivity index (χ4n) is 1.21. The van der Waals surface area contributed by atoms with Crippen LogP contribution in [0.1, 0.15) is 24.3 Å². The lowest BCUT2D eigenvalue weighted by molar-refractivity contribution is 0.309. The van der Waals surface area contributed by atoms with Crippen LogP contribution in [-0.2, 0) is 6.61 Å². The number of ether oxygens (including phenoxy) is 1. The van der Waals surface area contributed by atoms with Crippen LogP contribution in [0.2, 0.25) is 4.47 Å². The second-order valence-electron chi connectivity index (χ2n) is 3.18. The van der Waals surface area contributed by atoms with E-state index in [9.17, 15) is 0 Å². The zero-order valence-electron chi connectivity index (χ0n) is 10.2. The van der Waals surface area contributed by atoms with Crippen molar-refractivity contribution < 1.29 is 4.74 Å². The third kappa shape index (κ3) is 4.75. The summed E-state index contributed by atoms with van der Waals surface area (Å²) in [6.07, 6.45) is 1.74. The van der Waals surface area contributed by atoms with Crippen molar-refractivity contribution in [1.29, 1.82) is 0 Å². The third-order valence-corrected chi connectivity index (χ3v) is 2.98. The minimum Gasteiger partial charge on any atom is -0.488 e. The smallest absolute Gasteiger partial charge is 0.183 e. The van der Waals surface area contributed by atoms with Crippen molar-refractivity contribution in [1.82, 2.24) is 4.98 Å². The summed E-state index contributed by atoms with van der Waals surface area (Å²) in [6.45, 7) is 6.56. The monoisotopic (exact) mass is 269 g/mol. The molecule has 0 saturated heterocycles. The van der Waals surface area contributed by atoms with Crippen molar-refractivity contribution in [3.8, 4) is 5.75 Å². The van der Waals surface area contributed by atoms with Gasteiger partial charge in [-0.25, -0.2) is 4.98 Å². The predicted molar refractivity (Wildman–Crippen MR) is 74.0 cm³/mol. The Morgan fingerprint density at radius 3 is 2.71 bits per heavy atom. The molecule has 0 saturated carbocycles. The van der Waals surface area contributed by atoms with Crippen LogP contribution in [0.15, 0.2) is 30.5 Å². The minimum atomic E-state index is 0.522. The highest BCUT2D eigenvalue weighted by Crippen LogP contribution is 2.20. The van der Waals surface area contributed by atoms with E-state index >= 15 is 0 Å². The van der Waals surface area contributed by atoms with E-state index in [4.69, 9.17) is 16.3 Å². The molecule has 4 heteroatoms. The first-order valence-electron chi connectivity index (χ1n) is 5.54. The molecule has 0 spiro atoms. The van der Waals surface area contributed by atoms with Gasteiger partial charge in [-0.1, -0.05) is 37.6 Å². The maximum atomic E-state index is 5.72. The van der Waals surface area contributed by atoms with Crippen LogP contribution in [0.3, 0.4) is 0 Å². The van der Waals surface area contributed by atoms with Crippen LogP contribution >= 0.6 is 22.9 Å². The van der Waals surface area contributed by atoms with E-state index in [0.29, 0.717) is 11.1 Å². The SMILES string of the molecule is CC.Cc1cccc(OCc2cnc(Cl)s2)c1. The number of thiazole rings is 1. The molecular weight excluding hydrogens is 254 g/mol. The molecule has 0 aliphatic rings. The fraction of sp³-hybridized carbons (Fsp3) is 0.308. The van der Waals surface area contributed by atoms with Gasteiger partial charge in [0.1, 0.15) is 12.4 Å². The number of hydrogen-bond donors (Lipinski definition) is 0. The summed E-state index contributed by atoms with van der Waals surface area (Å²) in [4.78, 5) is 4.98. The largest absolute Gasteiger partial charge is 0.488 e. The van der Waals surface area contributed by atoms with Crippen LogP contribution < -0.4 is 4.74 Å². The van der Waals surface area contributed by atoms with Crippen molar-refractivity contribution in [2.24, 2.45) is 0 Å². The van der Waals surface area contributed by atoms with Gasteiger partial charge in [-0.05, 0) is 24.6 Å². The Bertz CT molecular complexity index is 456. The molecule has 2 rings (SSSR count). The second-order valence-corrected chi connectivity index (χ2v) is 4.88. The first-order valence-corrected chi connectivity index (χ1v) is 6.73. The average Bonchev–Trinajstić information content (AvgIpc) is 2.75. The molecule has 0 amide bonds. The average molecular weight is 270 g/mol. The highest BCUT2D eigenvalue weighted by molar-refractivity contribution is 7.15. The molecule has 0 aliphatic heterocycles. The maximum Gasteiger partial charge on any atom is 0.183 e. The first kappa shape index (κ1) is 14.0. The van der Waals surface area contributed by atoms with Crippen molar-refractivity contribution in [2.75, 3.05) is 0 Å². The molecule has 1 aromatic carbocycles. The van der Waals surface area contributed by atoms with Gasteiger partial charge >= 0.3 is 0 Å². The van der Waals surface area contributed by atoms with Crippen molar-refractivity contribution >= 4 is 22.9 Å². The van der Waals surface area contributed by atoms with Crippen molar-refractivity contribution in [3.63, 3.8) is 0 Å². The Morgan fingerprint density at radius 2 is 2.12 bits per heavy atom. The number of halogens is 1. The summed E-state index contributed by atoms with van der Waals surface area (Å²) in [7, 11) is 0. The summed E-state index contributed by atoms with van der Waals surface area (Å²) in [6, 6.07) is 7.96. The lowest BCUT2D eigenvalue weighted by Gasteiger charge is -2.04. The Morgan fingerprint density at radius 1 is 1.35 bits per heavy atom. The summed E-state index contributed by atoms with van der Waals surface area (Å²) >= 11 is 7.16. The number of aryl methyl sites for hydroxylation is 1. The minimum absolute atomic E-state index is 0.522. The lowest BCUT2D eigenvalue weighted by Crippen LogP contribution is -1.92. The number of nitrogens with zero attached hydrogens (tertiary/aromatic N) is 1. The summed E-state index contributed by atoms with van der Waals surface area (Å²) in [5, 5.41) is 0. The second kappa shape index (κ2) is 7.30. The number of hydrogen-bond acceptors (Lipinski definition) is 3. The molecule has 2 aromatic rings. The van der Waals surface area contributed by atoms with E-state index in [1.165, 1.54) is 16.9 Å². The number of benzene rings is 1. The topological polar surface area (TPSA) is 22.1 Å². The zero-order valence-corrected chi connectivity index (χ0v) is 11.8. The van der Waals surface area contributed by atoms with Gasteiger partial charge in [0.15, 0.2) is 4.47 Å². The molecule has 2 nitrogen and oxygen atoms in total. The molecule has 92 valence electrons. The zero-order chi connectivity index (χ0) is 12.7. The molecule has 0 unspecified atom stereocenters. The molecule has 1 heterocycles. The van der Waals surface area contributed by atoms with Gasteiger partial charge in [-0.3, -0.25) is 0 Å². The third-order valence-electron chi connectivity index (χ3n) is 1.90. The molecule has 0 atom stereocenters. The maximum absolute atomic E-state index is 5.72. The molecule has 17 heavy (non-hydrogen) atoms. The Balaban J connectivity index is 0.000000686. The Kier molecular flexibility index (Phi) is 6.01. The van der Waals surface area contributed by atoms with Crippen molar-refractivity contribution in [3.05, 3.63) is 45.4 Å². The van der Waals surface area contributed by atoms with Gasteiger partial charge < -0.3 is 4.74 Å². The van der Waals surface area contributed by atoms with Gasteiger partial charge in [0.05, 0.1) is 4.88 Å². The van der Waals surface area contributed by atoms with Crippen LogP contribution in [0.4, 0.5) is 0 Å². The van der Waals surface area contributed by atoms with Gasteiger partial charge in [0.2, 0.25) is 0 Å². The molecule has 0 fully saturated rings. The highest BCUT2D eigenvalue weighted by atomic mass is 35.5. The van der Waals surface area contributed by atoms with E-state index in [1.807, 2.05) is 45.0 Å². The Labute approximate surface area is 111 Å². The van der Waals surface area contributed by atoms with Crippen LogP contribution in [-0.4, -0.2) is 4.98 Å². The van der Waals surface area contributed by atoms with E-state index in [2.05, 4.69) is 4.98 Å². The lowest BCUT2D eigenvalue weighted by atomic mass is 10.2. The van der Waals surface area contributed by atoms with Gasteiger partial charge in [-0.2, -0.15) is 0 Å². The molecular formula is C13H16ClNOS. The van der Waals surface area contributed by atoms with Gasteiger partial charge in [0.25, 0.3) is 0 Å². The number of aromatic nitrogens is 1. The summed E-state index contributed by atoms with van der Waals surface area (Å²) in [5.74, 6) is 0.875. The van der Waals surface area contributed by atoms with Crippen LogP contribution in [0, 0.1) is 6.92 Å². The summed E-state index contributed by atoms with van der Waals surface area (Å²) in [5.41, 5.74) is 1.19. The predicted octanol–water partition coefficient (Wildman–Crippen LogP) is 4.71. The standard InChI is InChI=1S/C11H10ClNOS.C2H6/c1-8-3-2-4-9(5-8)14-7-10-6-13-11(12)15-10;1-2/h2-6H,7H2,1H3;1-2H3. The number of rotatable bonds is 3. The van der Waals surface area contributed by atoms with E-state index < -0.39 is 0 Å². The van der Waals surface area contributed by atoms with Gasteiger partial charge in [-0.15, -0.1) is 11.3 Å². The highest BCUT2D eigenvalue weighted by Gasteiger charge is 2.00. The quantitative estimate of drug-likeness (QED) is 0.805. The summed E-state index contributed by atoms with van der Waals surface area (Å²) < 4.78 is 6.15. The van der Waals surface area contributed by atoms with Crippen LogP contribution in [0.5, 0.6) is 5.75 Å². The molecule has 0 bridgehead atoms.